The Balaban J connectivity index is 1.85. The van der Waals surface area contributed by atoms with Crippen LogP contribution >= 0.6 is 11.6 Å². The van der Waals surface area contributed by atoms with Gasteiger partial charge in [0.05, 0.1) is 5.52 Å². The first kappa shape index (κ1) is 14.6. The van der Waals surface area contributed by atoms with E-state index in [1.807, 2.05) is 60.7 Å². The number of rotatable bonds is 3. The fourth-order valence-corrected chi connectivity index (χ4v) is 2.60. The van der Waals surface area contributed by atoms with E-state index in [0.717, 1.165) is 28.0 Å². The number of hydrogen-bond acceptors (Lipinski definition) is 4. The van der Waals surface area contributed by atoms with Crippen LogP contribution in [0.15, 0.2) is 73.1 Å². The van der Waals surface area contributed by atoms with Gasteiger partial charge < -0.3 is 5.32 Å². The highest BCUT2D eigenvalue weighted by molar-refractivity contribution is 6.30. The zero-order valence-corrected chi connectivity index (χ0v) is 13.4. The van der Waals surface area contributed by atoms with E-state index < -0.39 is 0 Å². The van der Waals surface area contributed by atoms with Gasteiger partial charge in [0.25, 0.3) is 0 Å². The molecule has 5 heteroatoms. The van der Waals surface area contributed by atoms with E-state index in [1.54, 1.807) is 12.4 Å². The van der Waals surface area contributed by atoms with Crippen molar-refractivity contribution in [2.24, 2.45) is 0 Å². The Morgan fingerprint density at radius 3 is 2.33 bits per heavy atom. The molecule has 0 aliphatic heterocycles. The van der Waals surface area contributed by atoms with Gasteiger partial charge in [-0.3, -0.25) is 4.98 Å². The molecule has 0 saturated heterocycles. The normalized spacial score (nSPS) is 10.7. The highest BCUT2D eigenvalue weighted by Crippen LogP contribution is 2.27. The van der Waals surface area contributed by atoms with E-state index in [9.17, 15) is 0 Å². The molecule has 4 aromatic rings. The SMILES string of the molecule is Clc1ccc(Nc2nc(-c3ccncc3)nc3ccccc23)cc1. The van der Waals surface area contributed by atoms with E-state index in [2.05, 4.69) is 15.3 Å². The summed E-state index contributed by atoms with van der Waals surface area (Å²) in [5, 5.41) is 5.02. The number of benzene rings is 2. The maximum absolute atomic E-state index is 5.96. The van der Waals surface area contributed by atoms with Gasteiger partial charge in [0, 0.05) is 34.1 Å². The van der Waals surface area contributed by atoms with Crippen LogP contribution in [0.2, 0.25) is 5.02 Å². The van der Waals surface area contributed by atoms with Crippen molar-refractivity contribution in [3.63, 3.8) is 0 Å². The average Bonchev–Trinajstić information content (AvgIpc) is 2.64. The summed E-state index contributed by atoms with van der Waals surface area (Å²) in [5.41, 5.74) is 2.73. The lowest BCUT2D eigenvalue weighted by Gasteiger charge is -2.11. The highest BCUT2D eigenvalue weighted by Gasteiger charge is 2.09. The van der Waals surface area contributed by atoms with Gasteiger partial charge in [-0.1, -0.05) is 23.7 Å². The first-order chi connectivity index (χ1) is 11.8. The number of nitrogens with one attached hydrogen (secondary N) is 1. The van der Waals surface area contributed by atoms with Crippen LogP contribution in [-0.2, 0) is 0 Å². The van der Waals surface area contributed by atoms with Gasteiger partial charge in [0.1, 0.15) is 5.82 Å². The minimum atomic E-state index is 0.660. The lowest BCUT2D eigenvalue weighted by atomic mass is 10.2. The topological polar surface area (TPSA) is 50.7 Å². The molecule has 2 heterocycles. The second-order valence-electron chi connectivity index (χ2n) is 5.28. The van der Waals surface area contributed by atoms with Gasteiger partial charge in [0.2, 0.25) is 0 Å². The first-order valence-electron chi connectivity index (χ1n) is 7.49. The fraction of sp³-hybridized carbons (Fsp3) is 0. The third kappa shape index (κ3) is 2.92. The van der Waals surface area contributed by atoms with Gasteiger partial charge in [-0.05, 0) is 48.5 Å². The van der Waals surface area contributed by atoms with E-state index in [0.29, 0.717) is 10.8 Å². The van der Waals surface area contributed by atoms with Crippen LogP contribution in [0.1, 0.15) is 0 Å². The number of nitrogens with zero attached hydrogens (tertiary/aromatic N) is 3. The number of halogens is 1. The molecule has 0 spiro atoms. The van der Waals surface area contributed by atoms with Crippen LogP contribution in [0.3, 0.4) is 0 Å². The second kappa shape index (κ2) is 6.26. The van der Waals surface area contributed by atoms with Crippen molar-refractivity contribution < 1.29 is 0 Å². The predicted octanol–water partition coefficient (Wildman–Crippen LogP) is 5.09. The Morgan fingerprint density at radius 2 is 1.54 bits per heavy atom. The zero-order valence-electron chi connectivity index (χ0n) is 12.6. The van der Waals surface area contributed by atoms with E-state index in [4.69, 9.17) is 16.6 Å². The molecule has 0 fully saturated rings. The zero-order chi connectivity index (χ0) is 16.4. The number of para-hydroxylation sites is 1. The Kier molecular flexibility index (Phi) is 3.81. The Hall–Kier alpha value is -2.98. The summed E-state index contributed by atoms with van der Waals surface area (Å²) in [7, 11) is 0. The van der Waals surface area contributed by atoms with Gasteiger partial charge in [-0.2, -0.15) is 0 Å². The molecule has 1 N–H and O–H groups in total. The fourth-order valence-electron chi connectivity index (χ4n) is 2.47. The summed E-state index contributed by atoms with van der Waals surface area (Å²) in [4.78, 5) is 13.4. The van der Waals surface area contributed by atoms with Crippen molar-refractivity contribution >= 4 is 34.0 Å². The van der Waals surface area contributed by atoms with E-state index in [-0.39, 0.29) is 0 Å². The summed E-state index contributed by atoms with van der Waals surface area (Å²) in [6, 6.07) is 19.3. The van der Waals surface area contributed by atoms with Crippen molar-refractivity contribution in [3.8, 4) is 11.4 Å². The maximum Gasteiger partial charge on any atom is 0.162 e. The van der Waals surface area contributed by atoms with Crippen LogP contribution in [0.4, 0.5) is 11.5 Å². The molecule has 0 radical (unpaired) electrons. The minimum absolute atomic E-state index is 0.660. The summed E-state index contributed by atoms with van der Waals surface area (Å²) < 4.78 is 0. The van der Waals surface area contributed by atoms with Crippen molar-refractivity contribution in [2.75, 3.05) is 5.32 Å². The van der Waals surface area contributed by atoms with Gasteiger partial charge in [-0.15, -0.1) is 0 Å². The average molecular weight is 333 g/mol. The number of fused-ring (bicyclic) bond motifs is 1. The number of anilines is 2. The molecule has 0 bridgehead atoms. The third-order valence-corrected chi connectivity index (χ3v) is 3.90. The molecule has 0 aliphatic carbocycles. The Bertz CT molecular complexity index is 985. The molecule has 2 aromatic carbocycles. The number of pyridine rings is 1. The standard InChI is InChI=1S/C19H13ClN4/c20-14-5-7-15(8-6-14)22-19-16-3-1-2-4-17(16)23-18(24-19)13-9-11-21-12-10-13/h1-12H,(H,22,23,24). The molecule has 0 aliphatic rings. The molecule has 4 rings (SSSR count). The molecule has 4 nitrogen and oxygen atoms in total. The molecular formula is C19H13ClN4. The molecule has 0 saturated carbocycles. The lowest BCUT2D eigenvalue weighted by Crippen LogP contribution is -1.99. The summed E-state index contributed by atoms with van der Waals surface area (Å²) in [6.07, 6.45) is 3.47. The lowest BCUT2D eigenvalue weighted by molar-refractivity contribution is 1.21. The maximum atomic E-state index is 5.96. The molecule has 2 aromatic heterocycles. The van der Waals surface area contributed by atoms with E-state index in [1.165, 1.54) is 0 Å². The molecule has 116 valence electrons. The highest BCUT2D eigenvalue weighted by atomic mass is 35.5. The third-order valence-electron chi connectivity index (χ3n) is 3.65. The minimum Gasteiger partial charge on any atom is -0.340 e. The van der Waals surface area contributed by atoms with Gasteiger partial charge in [0.15, 0.2) is 5.82 Å². The molecule has 24 heavy (non-hydrogen) atoms. The van der Waals surface area contributed by atoms with Crippen molar-refractivity contribution in [3.05, 3.63) is 78.1 Å². The van der Waals surface area contributed by atoms with Gasteiger partial charge >= 0.3 is 0 Å². The quantitative estimate of drug-likeness (QED) is 0.567. The van der Waals surface area contributed by atoms with Crippen LogP contribution in [-0.4, -0.2) is 15.0 Å². The Labute approximate surface area is 144 Å². The largest absolute Gasteiger partial charge is 0.340 e. The monoisotopic (exact) mass is 332 g/mol. The van der Waals surface area contributed by atoms with Gasteiger partial charge in [-0.25, -0.2) is 9.97 Å². The van der Waals surface area contributed by atoms with Crippen LogP contribution in [0.25, 0.3) is 22.3 Å². The summed E-state index contributed by atoms with van der Waals surface area (Å²) in [6.45, 7) is 0. The smallest absolute Gasteiger partial charge is 0.162 e. The summed E-state index contributed by atoms with van der Waals surface area (Å²) >= 11 is 5.96. The first-order valence-corrected chi connectivity index (χ1v) is 7.87. The van der Waals surface area contributed by atoms with E-state index >= 15 is 0 Å². The van der Waals surface area contributed by atoms with Crippen LogP contribution in [0, 0.1) is 0 Å². The van der Waals surface area contributed by atoms with Crippen LogP contribution < -0.4 is 5.32 Å². The van der Waals surface area contributed by atoms with Crippen molar-refractivity contribution in [1.82, 2.24) is 15.0 Å². The number of hydrogen-bond donors (Lipinski definition) is 1. The predicted molar refractivity (Wildman–Crippen MR) is 97.5 cm³/mol. The molecule has 0 amide bonds. The van der Waals surface area contributed by atoms with Crippen LogP contribution in [0.5, 0.6) is 0 Å². The van der Waals surface area contributed by atoms with Crippen molar-refractivity contribution in [1.29, 1.82) is 0 Å². The molecular weight excluding hydrogens is 320 g/mol. The summed E-state index contributed by atoms with van der Waals surface area (Å²) in [5.74, 6) is 1.42. The second-order valence-corrected chi connectivity index (χ2v) is 5.72. The Morgan fingerprint density at radius 1 is 0.792 bits per heavy atom. The molecule has 0 unspecified atom stereocenters. The molecule has 0 atom stereocenters. The van der Waals surface area contributed by atoms with Crippen molar-refractivity contribution in [2.45, 2.75) is 0 Å². The number of aromatic nitrogens is 3.